The number of carbonyl (C=O) groups is 6. The number of carbonyl (C=O) groups excluding carboxylic acids is 6. The molecule has 0 unspecified atom stereocenters. The van der Waals surface area contributed by atoms with Crippen LogP contribution in [0.25, 0.3) is 0 Å². The smallest absolute Gasteiger partial charge is 0.325 e. The zero-order valence-electron chi connectivity index (χ0n) is 29.3. The third kappa shape index (κ3) is 12.2. The number of unbranched alkanes of at least 4 members (excludes halogenated alkanes) is 2. The Kier molecular flexibility index (Phi) is 17.0. The Morgan fingerprint density at radius 3 is 2.21 bits per heavy atom. The second-order valence-electron chi connectivity index (χ2n) is 13.6. The summed E-state index contributed by atoms with van der Waals surface area (Å²) < 4.78 is 5.73. The van der Waals surface area contributed by atoms with Crippen molar-refractivity contribution in [3.05, 3.63) is 12.7 Å². The number of nitrogens with two attached hydrogens (primary N) is 1. The van der Waals surface area contributed by atoms with E-state index in [1.807, 2.05) is 13.8 Å². The molecule has 7 atom stereocenters. The molecule has 1 saturated heterocycles. The van der Waals surface area contributed by atoms with E-state index in [-0.39, 0.29) is 18.4 Å². The van der Waals surface area contributed by atoms with Gasteiger partial charge in [0, 0.05) is 13.6 Å². The summed E-state index contributed by atoms with van der Waals surface area (Å²) in [6.45, 7) is 9.60. The Morgan fingerprint density at radius 2 is 1.62 bits per heavy atom. The molecule has 1 aliphatic carbocycles. The molecule has 0 aromatic rings. The van der Waals surface area contributed by atoms with Gasteiger partial charge in [-0.3, -0.25) is 28.8 Å². The molecule has 2 rings (SSSR count). The zero-order chi connectivity index (χ0) is 36.0. The number of hydrogen-bond acceptors (Lipinski definition) is 9. The van der Waals surface area contributed by atoms with E-state index in [1.54, 1.807) is 13.0 Å². The highest BCUT2D eigenvalue weighted by Crippen LogP contribution is 2.28. The average Bonchev–Trinajstić information content (AvgIpc) is 3.05. The number of aliphatic hydroxyl groups excluding tert-OH is 1. The predicted molar refractivity (Wildman–Crippen MR) is 180 cm³/mol. The van der Waals surface area contributed by atoms with E-state index in [1.165, 1.54) is 18.9 Å². The fourth-order valence-corrected chi connectivity index (χ4v) is 6.31. The van der Waals surface area contributed by atoms with E-state index in [2.05, 4.69) is 27.8 Å². The number of esters is 1. The van der Waals surface area contributed by atoms with Crippen LogP contribution in [-0.2, 0) is 33.5 Å². The van der Waals surface area contributed by atoms with Gasteiger partial charge in [-0.2, -0.15) is 0 Å². The molecule has 2 aliphatic rings. The van der Waals surface area contributed by atoms with Crippen molar-refractivity contribution in [3.63, 3.8) is 0 Å². The van der Waals surface area contributed by atoms with Crippen LogP contribution in [0.5, 0.6) is 0 Å². The fraction of sp³-hybridized carbons (Fsp3) is 0.765. The van der Waals surface area contributed by atoms with E-state index < -0.39 is 84.3 Å². The van der Waals surface area contributed by atoms with Crippen molar-refractivity contribution in [3.8, 4) is 0 Å². The van der Waals surface area contributed by atoms with Gasteiger partial charge in [0.05, 0.1) is 12.0 Å². The molecular weight excluding hydrogens is 620 g/mol. The lowest BCUT2D eigenvalue weighted by Crippen LogP contribution is -2.62. The number of hydrogen-bond donors (Lipinski definition) is 6. The van der Waals surface area contributed by atoms with Crippen LogP contribution in [0.3, 0.4) is 0 Å². The first-order chi connectivity index (χ1) is 22.7. The Labute approximate surface area is 284 Å². The highest BCUT2D eigenvalue weighted by atomic mass is 16.5. The molecule has 48 heavy (non-hydrogen) atoms. The van der Waals surface area contributed by atoms with E-state index in [0.29, 0.717) is 32.1 Å². The van der Waals surface area contributed by atoms with Gasteiger partial charge in [0.2, 0.25) is 29.5 Å². The summed E-state index contributed by atoms with van der Waals surface area (Å²) in [5, 5.41) is 20.7. The zero-order valence-corrected chi connectivity index (χ0v) is 29.3. The molecule has 0 aromatic heterocycles. The van der Waals surface area contributed by atoms with Gasteiger partial charge >= 0.3 is 5.97 Å². The summed E-state index contributed by atoms with van der Waals surface area (Å²) >= 11 is 0. The van der Waals surface area contributed by atoms with Crippen molar-refractivity contribution in [1.29, 1.82) is 0 Å². The Balaban J connectivity index is 2.56. The average molecular weight is 679 g/mol. The minimum absolute atomic E-state index is 0.0122. The molecule has 5 amide bonds. The molecule has 7 N–H and O–H groups in total. The monoisotopic (exact) mass is 678 g/mol. The third-order valence-electron chi connectivity index (χ3n) is 9.23. The van der Waals surface area contributed by atoms with Crippen LogP contribution in [0.2, 0.25) is 0 Å². The molecule has 2 fully saturated rings. The van der Waals surface area contributed by atoms with Crippen molar-refractivity contribution in [1.82, 2.24) is 26.2 Å². The lowest BCUT2D eigenvalue weighted by Gasteiger charge is -2.36. The molecule has 0 bridgehead atoms. The maximum atomic E-state index is 14.0. The summed E-state index contributed by atoms with van der Waals surface area (Å²) in [5.74, 6) is -5.06. The minimum atomic E-state index is -1.48. The second kappa shape index (κ2) is 20.1. The summed E-state index contributed by atoms with van der Waals surface area (Å²) in [7, 11) is 1.53. The van der Waals surface area contributed by atoms with Crippen LogP contribution >= 0.6 is 0 Å². The molecule has 1 aliphatic heterocycles. The topological polar surface area (TPSA) is 209 Å². The summed E-state index contributed by atoms with van der Waals surface area (Å²) in [6, 6.07) is -4.71. The number of aliphatic hydroxyl groups is 1. The van der Waals surface area contributed by atoms with Gasteiger partial charge in [-0.1, -0.05) is 46.1 Å². The molecule has 272 valence electrons. The fourth-order valence-electron chi connectivity index (χ4n) is 6.31. The number of ether oxygens (including phenoxy) is 1. The summed E-state index contributed by atoms with van der Waals surface area (Å²) in [4.78, 5) is 82.4. The molecule has 0 radical (unpaired) electrons. The van der Waals surface area contributed by atoms with Gasteiger partial charge in [-0.15, -0.1) is 6.58 Å². The van der Waals surface area contributed by atoms with Crippen LogP contribution in [0, 0.1) is 17.8 Å². The molecule has 14 nitrogen and oxygen atoms in total. The van der Waals surface area contributed by atoms with Crippen molar-refractivity contribution < 1.29 is 38.6 Å². The molecule has 1 heterocycles. The Bertz CT molecular complexity index is 1120. The van der Waals surface area contributed by atoms with Gasteiger partial charge in [-0.25, -0.2) is 0 Å². The normalized spacial score (nSPS) is 28.6. The maximum Gasteiger partial charge on any atom is 0.325 e. The molecule has 1 saturated carbocycles. The van der Waals surface area contributed by atoms with E-state index >= 15 is 0 Å². The molecular formula is C34H58N6O8. The number of likely N-dealkylation sites (N-methyl/N-ethyl adjacent to an activating group) is 1. The standard InChI is InChI=1S/C34H58N6O8/c1-7-8-9-13-16-26-21(4)34(47)40(6)25(17-20(2)3)31(44)39-29(23-14-11-10-12-15-23)33(46)37-24(18-35)30(43)38-28(22(5)41)32(45)36-19-27(42)48-26/h7,20-26,28-29,41H,1,8-19,35H2,2-6H3,(H,36,45)(H,37,46)(H,38,43)(H,39,44)/t21-,22+,24+,25+,26-,28+,29+/m1/s1. The number of rotatable bonds is 10. The van der Waals surface area contributed by atoms with Crippen LogP contribution in [-0.4, -0.2) is 102 Å². The number of cyclic esters (lactones) is 1. The SMILES string of the molecule is C=CCCCC[C@H]1OC(=O)CNC(=O)[C@H]([C@H](C)O)NC(=O)[C@H](CN)NC(=O)[C@H](C2CCCCC2)NC(=O)[C@H](CC(C)C)N(C)C(=O)[C@@H]1C. The van der Waals surface area contributed by atoms with Crippen LogP contribution in [0.1, 0.15) is 91.9 Å². The molecule has 0 spiro atoms. The van der Waals surface area contributed by atoms with Gasteiger partial charge in [0.25, 0.3) is 0 Å². The molecule has 14 heteroatoms. The summed E-state index contributed by atoms with van der Waals surface area (Å²) in [5.41, 5.74) is 5.87. The van der Waals surface area contributed by atoms with Crippen molar-refractivity contribution in [2.45, 2.75) is 128 Å². The van der Waals surface area contributed by atoms with Crippen molar-refractivity contribution >= 4 is 35.5 Å². The number of amides is 5. The molecule has 0 aromatic carbocycles. The van der Waals surface area contributed by atoms with Gasteiger partial charge < -0.3 is 41.7 Å². The summed E-state index contributed by atoms with van der Waals surface area (Å²) in [6.07, 6.45) is 6.44. The van der Waals surface area contributed by atoms with Gasteiger partial charge in [0.15, 0.2) is 0 Å². The van der Waals surface area contributed by atoms with Gasteiger partial charge in [0.1, 0.15) is 36.8 Å². The second-order valence-corrected chi connectivity index (χ2v) is 13.6. The van der Waals surface area contributed by atoms with E-state index in [9.17, 15) is 33.9 Å². The quantitative estimate of drug-likeness (QED) is 0.109. The Morgan fingerprint density at radius 1 is 0.958 bits per heavy atom. The lowest BCUT2D eigenvalue weighted by atomic mass is 9.83. The van der Waals surface area contributed by atoms with E-state index in [4.69, 9.17) is 10.5 Å². The first kappa shape index (κ1) is 40.7. The van der Waals surface area contributed by atoms with Crippen molar-refractivity contribution in [2.75, 3.05) is 20.1 Å². The number of nitrogens with one attached hydrogen (secondary N) is 4. The maximum absolute atomic E-state index is 14.0. The lowest BCUT2D eigenvalue weighted by molar-refractivity contribution is -0.157. The first-order valence-corrected chi connectivity index (χ1v) is 17.4. The van der Waals surface area contributed by atoms with Gasteiger partial charge in [-0.05, 0) is 63.7 Å². The number of nitrogens with zero attached hydrogens (tertiary/aromatic N) is 1. The van der Waals surface area contributed by atoms with Crippen molar-refractivity contribution in [2.24, 2.45) is 23.5 Å². The van der Waals surface area contributed by atoms with Crippen LogP contribution in [0.4, 0.5) is 0 Å². The van der Waals surface area contributed by atoms with Crippen LogP contribution in [0.15, 0.2) is 12.7 Å². The Hall–Kier alpha value is -3.52. The van der Waals surface area contributed by atoms with E-state index in [0.717, 1.165) is 32.1 Å². The van der Waals surface area contributed by atoms with Crippen LogP contribution < -0.4 is 27.0 Å². The predicted octanol–water partition coefficient (Wildman–Crippen LogP) is 0.658. The highest BCUT2D eigenvalue weighted by Gasteiger charge is 2.39. The number of allylic oxidation sites excluding steroid dienone is 1. The third-order valence-corrected chi connectivity index (χ3v) is 9.23. The highest BCUT2D eigenvalue weighted by molar-refractivity contribution is 5.96. The largest absolute Gasteiger partial charge is 0.460 e. The first-order valence-electron chi connectivity index (χ1n) is 17.4. The minimum Gasteiger partial charge on any atom is -0.460 e.